The topological polar surface area (TPSA) is 86.8 Å². The molecule has 1 aromatic heterocycles. The van der Waals surface area contributed by atoms with E-state index in [0.717, 1.165) is 5.56 Å². The SMILES string of the molecule is Cc1ocnc1C(=O)N1CC[C@@H](O)[C@@](CO)(Cc2ccccc2)C1. The van der Waals surface area contributed by atoms with Gasteiger partial charge in [0.1, 0.15) is 5.76 Å². The Kier molecular flexibility index (Phi) is 4.69. The second-order valence-corrected chi connectivity index (χ2v) is 6.47. The maximum Gasteiger partial charge on any atom is 0.276 e. The molecule has 0 radical (unpaired) electrons. The van der Waals surface area contributed by atoms with Gasteiger partial charge in [-0.1, -0.05) is 30.3 Å². The number of oxazole rings is 1. The highest BCUT2D eigenvalue weighted by Gasteiger charge is 2.44. The summed E-state index contributed by atoms with van der Waals surface area (Å²) in [4.78, 5) is 18.3. The van der Waals surface area contributed by atoms with Gasteiger partial charge in [-0.25, -0.2) is 4.98 Å². The molecule has 1 fully saturated rings. The van der Waals surface area contributed by atoms with Gasteiger partial charge in [0.25, 0.3) is 5.91 Å². The van der Waals surface area contributed by atoms with Crippen LogP contribution in [0.3, 0.4) is 0 Å². The molecule has 0 saturated carbocycles. The predicted octanol–water partition coefficient (Wildman–Crippen LogP) is 1.41. The molecule has 0 aliphatic carbocycles. The number of aliphatic hydroxyl groups excluding tert-OH is 2. The van der Waals surface area contributed by atoms with Crippen LogP contribution < -0.4 is 0 Å². The van der Waals surface area contributed by atoms with Crippen molar-refractivity contribution in [1.82, 2.24) is 9.88 Å². The smallest absolute Gasteiger partial charge is 0.276 e. The summed E-state index contributed by atoms with van der Waals surface area (Å²) in [5.74, 6) is 0.253. The van der Waals surface area contributed by atoms with Crippen molar-refractivity contribution in [1.29, 1.82) is 0 Å². The van der Waals surface area contributed by atoms with E-state index in [1.54, 1.807) is 11.8 Å². The third kappa shape index (κ3) is 3.07. The minimum Gasteiger partial charge on any atom is -0.448 e. The van der Waals surface area contributed by atoms with Crippen molar-refractivity contribution < 1.29 is 19.4 Å². The fraction of sp³-hybridized carbons (Fsp3) is 0.444. The first-order chi connectivity index (χ1) is 11.6. The van der Waals surface area contributed by atoms with Crippen molar-refractivity contribution in [3.8, 4) is 0 Å². The Morgan fingerprint density at radius 2 is 2.17 bits per heavy atom. The Morgan fingerprint density at radius 3 is 2.79 bits per heavy atom. The lowest BCUT2D eigenvalue weighted by molar-refractivity contribution is -0.0669. The molecule has 6 heteroatoms. The third-order valence-electron chi connectivity index (χ3n) is 4.83. The van der Waals surface area contributed by atoms with Crippen LogP contribution in [-0.2, 0) is 6.42 Å². The number of hydrogen-bond donors (Lipinski definition) is 2. The first-order valence-corrected chi connectivity index (χ1v) is 8.08. The fourth-order valence-corrected chi connectivity index (χ4v) is 3.37. The van der Waals surface area contributed by atoms with Gasteiger partial charge in [0.05, 0.1) is 12.7 Å². The van der Waals surface area contributed by atoms with Crippen LogP contribution in [0.2, 0.25) is 0 Å². The molecule has 2 heterocycles. The molecule has 0 spiro atoms. The summed E-state index contributed by atoms with van der Waals surface area (Å²) in [6, 6.07) is 9.71. The molecule has 1 aromatic carbocycles. The van der Waals surface area contributed by atoms with Crippen LogP contribution in [0.15, 0.2) is 41.1 Å². The van der Waals surface area contributed by atoms with Gasteiger partial charge >= 0.3 is 0 Å². The van der Waals surface area contributed by atoms with Crippen LogP contribution >= 0.6 is 0 Å². The molecule has 2 atom stereocenters. The summed E-state index contributed by atoms with van der Waals surface area (Å²) in [6.45, 7) is 2.22. The van der Waals surface area contributed by atoms with E-state index in [9.17, 15) is 15.0 Å². The first-order valence-electron chi connectivity index (χ1n) is 8.08. The first kappa shape index (κ1) is 16.7. The lowest BCUT2D eigenvalue weighted by Gasteiger charge is -2.45. The van der Waals surface area contributed by atoms with E-state index in [1.165, 1.54) is 6.39 Å². The summed E-state index contributed by atoms with van der Waals surface area (Å²) in [5, 5.41) is 20.6. The van der Waals surface area contributed by atoms with Gasteiger partial charge in [-0.05, 0) is 25.3 Å². The normalized spacial score (nSPS) is 24.1. The number of benzene rings is 1. The largest absolute Gasteiger partial charge is 0.448 e. The maximum atomic E-state index is 12.7. The number of likely N-dealkylation sites (tertiary alicyclic amines) is 1. The summed E-state index contributed by atoms with van der Waals surface area (Å²) < 4.78 is 5.11. The van der Waals surface area contributed by atoms with E-state index < -0.39 is 11.5 Å². The minimum absolute atomic E-state index is 0.190. The van der Waals surface area contributed by atoms with Crippen molar-refractivity contribution in [3.63, 3.8) is 0 Å². The molecule has 6 nitrogen and oxygen atoms in total. The van der Waals surface area contributed by atoms with Crippen LogP contribution in [0, 0.1) is 12.3 Å². The van der Waals surface area contributed by atoms with Crippen molar-refractivity contribution >= 4 is 5.91 Å². The number of carbonyl (C=O) groups excluding carboxylic acids is 1. The van der Waals surface area contributed by atoms with Gasteiger partial charge < -0.3 is 19.5 Å². The van der Waals surface area contributed by atoms with Crippen LogP contribution in [0.25, 0.3) is 0 Å². The van der Waals surface area contributed by atoms with Gasteiger partial charge in [0.2, 0.25) is 0 Å². The van der Waals surface area contributed by atoms with E-state index in [-0.39, 0.29) is 24.8 Å². The molecule has 128 valence electrons. The average molecular weight is 330 g/mol. The number of aryl methyl sites for hydroxylation is 1. The zero-order valence-electron chi connectivity index (χ0n) is 13.7. The van der Waals surface area contributed by atoms with Gasteiger partial charge in [0.15, 0.2) is 12.1 Å². The van der Waals surface area contributed by atoms with E-state index in [1.807, 2.05) is 30.3 Å². The molecule has 1 saturated heterocycles. The molecule has 24 heavy (non-hydrogen) atoms. The Labute approximate surface area is 140 Å². The van der Waals surface area contributed by atoms with Crippen LogP contribution in [-0.4, -0.2) is 51.8 Å². The van der Waals surface area contributed by atoms with E-state index in [4.69, 9.17) is 4.42 Å². The minimum atomic E-state index is -0.771. The predicted molar refractivity (Wildman–Crippen MR) is 87.4 cm³/mol. The number of piperidine rings is 1. The summed E-state index contributed by atoms with van der Waals surface area (Å²) in [5.41, 5.74) is 0.544. The van der Waals surface area contributed by atoms with Crippen molar-refractivity contribution in [2.45, 2.75) is 25.9 Å². The molecule has 0 bridgehead atoms. The van der Waals surface area contributed by atoms with E-state index in [0.29, 0.717) is 25.1 Å². The second-order valence-electron chi connectivity index (χ2n) is 6.47. The van der Waals surface area contributed by atoms with Gasteiger partial charge in [-0.2, -0.15) is 0 Å². The summed E-state index contributed by atoms with van der Waals surface area (Å²) in [7, 11) is 0. The second kappa shape index (κ2) is 6.75. The van der Waals surface area contributed by atoms with Gasteiger partial charge in [-0.3, -0.25) is 4.79 Å². The number of aromatic nitrogens is 1. The molecule has 1 aliphatic heterocycles. The van der Waals surface area contributed by atoms with Gasteiger partial charge in [0, 0.05) is 18.5 Å². The Balaban J connectivity index is 1.83. The highest BCUT2D eigenvalue weighted by Crippen LogP contribution is 2.34. The van der Waals surface area contributed by atoms with E-state index in [2.05, 4.69) is 4.98 Å². The molecule has 1 amide bonds. The number of hydrogen-bond acceptors (Lipinski definition) is 5. The van der Waals surface area contributed by atoms with Gasteiger partial charge in [-0.15, -0.1) is 0 Å². The quantitative estimate of drug-likeness (QED) is 0.885. The van der Waals surface area contributed by atoms with Crippen LogP contribution in [0.1, 0.15) is 28.2 Å². The Morgan fingerprint density at radius 1 is 1.42 bits per heavy atom. The van der Waals surface area contributed by atoms with E-state index >= 15 is 0 Å². The molecular weight excluding hydrogens is 308 g/mol. The van der Waals surface area contributed by atoms with Crippen molar-refractivity contribution in [3.05, 3.63) is 53.7 Å². The number of rotatable bonds is 4. The molecule has 1 aliphatic rings. The van der Waals surface area contributed by atoms with Crippen molar-refractivity contribution in [2.24, 2.45) is 5.41 Å². The monoisotopic (exact) mass is 330 g/mol. The molecule has 3 rings (SSSR count). The zero-order valence-corrected chi connectivity index (χ0v) is 13.7. The highest BCUT2D eigenvalue weighted by atomic mass is 16.3. The third-order valence-corrected chi connectivity index (χ3v) is 4.83. The lowest BCUT2D eigenvalue weighted by atomic mass is 9.73. The fourth-order valence-electron chi connectivity index (χ4n) is 3.37. The standard InChI is InChI=1S/C18H22N2O4/c1-13-16(19-12-24-13)17(23)20-8-7-15(22)18(10-20,11-21)9-14-5-3-2-4-6-14/h2-6,12,15,21-22H,7-11H2,1H3/t15-,18+/m1/s1. The summed E-state index contributed by atoms with van der Waals surface area (Å²) in [6.07, 6.45) is 1.53. The molecule has 2 N–H and O–H groups in total. The number of aliphatic hydroxyl groups is 2. The van der Waals surface area contributed by atoms with Crippen molar-refractivity contribution in [2.75, 3.05) is 19.7 Å². The molecular formula is C18H22N2O4. The highest BCUT2D eigenvalue weighted by molar-refractivity contribution is 5.93. The number of amides is 1. The summed E-state index contributed by atoms with van der Waals surface area (Å²) >= 11 is 0. The Bertz CT molecular complexity index is 700. The average Bonchev–Trinajstić information content (AvgIpc) is 3.03. The van der Waals surface area contributed by atoms with Crippen LogP contribution in [0.4, 0.5) is 0 Å². The number of carbonyl (C=O) groups is 1. The molecule has 0 unspecified atom stereocenters. The van der Waals surface area contributed by atoms with Crippen LogP contribution in [0.5, 0.6) is 0 Å². The Hall–Kier alpha value is -2.18. The zero-order chi connectivity index (χ0) is 17.2. The molecule has 2 aromatic rings. The number of nitrogens with zero attached hydrogens (tertiary/aromatic N) is 2. The maximum absolute atomic E-state index is 12.7. The lowest BCUT2D eigenvalue weighted by Crippen LogP contribution is -2.56.